The van der Waals surface area contributed by atoms with Crippen molar-refractivity contribution in [3.05, 3.63) is 194 Å². The van der Waals surface area contributed by atoms with Crippen molar-refractivity contribution < 1.29 is 0 Å². The summed E-state index contributed by atoms with van der Waals surface area (Å²) >= 11 is 0. The van der Waals surface area contributed by atoms with Gasteiger partial charge in [0.1, 0.15) is 0 Å². The molecule has 226 valence electrons. The van der Waals surface area contributed by atoms with E-state index in [1.807, 2.05) is 0 Å². The Bertz CT molecular complexity index is 2540. The van der Waals surface area contributed by atoms with Crippen LogP contribution in [0.25, 0.3) is 60.5 Å². The lowest BCUT2D eigenvalue weighted by Gasteiger charge is -2.28. The van der Waals surface area contributed by atoms with Gasteiger partial charge in [0.15, 0.2) is 0 Å². The van der Waals surface area contributed by atoms with Crippen molar-refractivity contribution in [2.45, 2.75) is 0 Å². The maximum Gasteiger partial charge on any atom is 0.0547 e. The van der Waals surface area contributed by atoms with Crippen LogP contribution >= 0.6 is 0 Å². The highest BCUT2D eigenvalue weighted by Gasteiger charge is 2.21. The zero-order chi connectivity index (χ0) is 31.9. The molecule has 9 rings (SSSR count). The van der Waals surface area contributed by atoms with E-state index in [2.05, 4.69) is 204 Å². The molecular formula is C46H32N2. The summed E-state index contributed by atoms with van der Waals surface area (Å²) in [4.78, 5) is 2.38. The maximum absolute atomic E-state index is 2.44. The molecule has 0 N–H and O–H groups in total. The van der Waals surface area contributed by atoms with Gasteiger partial charge in [0.2, 0.25) is 0 Å². The molecule has 2 heteroatoms. The molecule has 0 aliphatic heterocycles. The van der Waals surface area contributed by atoms with Crippen LogP contribution in [-0.2, 0) is 0 Å². The largest absolute Gasteiger partial charge is 0.310 e. The highest BCUT2D eigenvalue weighted by atomic mass is 15.1. The van der Waals surface area contributed by atoms with Crippen LogP contribution in [0.3, 0.4) is 0 Å². The first-order valence-electron chi connectivity index (χ1n) is 16.5. The van der Waals surface area contributed by atoms with Crippen LogP contribution in [-0.4, -0.2) is 4.57 Å². The normalized spacial score (nSPS) is 11.3. The summed E-state index contributed by atoms with van der Waals surface area (Å²) in [5.41, 5.74) is 11.7. The van der Waals surface area contributed by atoms with E-state index in [0.717, 1.165) is 17.1 Å². The van der Waals surface area contributed by atoms with Gasteiger partial charge in [-0.3, -0.25) is 0 Å². The van der Waals surface area contributed by atoms with Crippen molar-refractivity contribution in [3.8, 4) is 27.9 Å². The third-order valence-electron chi connectivity index (χ3n) is 9.39. The molecule has 0 radical (unpaired) electrons. The number of nitrogens with zero attached hydrogens (tertiary/aromatic N) is 2. The Balaban J connectivity index is 1.28. The fraction of sp³-hybridized carbons (Fsp3) is 0. The number of benzene rings is 8. The zero-order valence-electron chi connectivity index (χ0n) is 26.4. The number of hydrogen-bond donors (Lipinski definition) is 0. The molecule has 0 saturated carbocycles. The maximum atomic E-state index is 2.44. The average Bonchev–Trinajstić information content (AvgIpc) is 3.50. The number of rotatable bonds is 6. The van der Waals surface area contributed by atoms with Crippen LogP contribution in [0.4, 0.5) is 17.1 Å². The molecule has 0 aliphatic rings. The standard InChI is InChI=1S/C46H32N2/c1-3-15-33(16-4-1)34-29-31-37(32-30-34)47(36-19-5-2-6-20-36)43-25-11-9-22-39(43)40-24-14-28-45-46(40)41-23-10-12-26-44(41)48(45)42-27-13-18-35-17-7-8-21-38(35)42/h1-32H. The Morgan fingerprint density at radius 3 is 1.75 bits per heavy atom. The van der Waals surface area contributed by atoms with E-state index in [1.165, 1.54) is 60.5 Å². The Kier molecular flexibility index (Phi) is 6.84. The molecule has 0 atom stereocenters. The van der Waals surface area contributed by atoms with E-state index in [4.69, 9.17) is 0 Å². The van der Waals surface area contributed by atoms with Gasteiger partial charge in [-0.2, -0.15) is 0 Å². The van der Waals surface area contributed by atoms with Crippen LogP contribution in [0.2, 0.25) is 0 Å². The molecule has 9 aromatic rings. The topological polar surface area (TPSA) is 8.17 Å². The van der Waals surface area contributed by atoms with E-state index in [0.29, 0.717) is 0 Å². The Labute approximate surface area is 280 Å². The molecule has 1 aromatic heterocycles. The summed E-state index contributed by atoms with van der Waals surface area (Å²) in [6.07, 6.45) is 0. The molecule has 8 aromatic carbocycles. The summed E-state index contributed by atoms with van der Waals surface area (Å²) < 4.78 is 2.44. The third kappa shape index (κ3) is 4.66. The lowest BCUT2D eigenvalue weighted by molar-refractivity contribution is 1.20. The quantitative estimate of drug-likeness (QED) is 0.181. The van der Waals surface area contributed by atoms with E-state index in [1.54, 1.807) is 0 Å². The van der Waals surface area contributed by atoms with Crippen molar-refractivity contribution in [3.63, 3.8) is 0 Å². The number of aromatic nitrogens is 1. The molecule has 0 saturated heterocycles. The third-order valence-corrected chi connectivity index (χ3v) is 9.39. The molecule has 2 nitrogen and oxygen atoms in total. The Morgan fingerprint density at radius 1 is 0.354 bits per heavy atom. The van der Waals surface area contributed by atoms with Gasteiger partial charge in [-0.1, -0.05) is 146 Å². The Hall–Kier alpha value is -6.38. The van der Waals surface area contributed by atoms with Gasteiger partial charge in [-0.15, -0.1) is 0 Å². The number of fused-ring (bicyclic) bond motifs is 4. The average molecular weight is 613 g/mol. The fourth-order valence-electron chi connectivity index (χ4n) is 7.24. The molecule has 0 spiro atoms. The molecule has 0 bridgehead atoms. The first-order chi connectivity index (χ1) is 23.8. The minimum atomic E-state index is 1.11. The highest BCUT2D eigenvalue weighted by Crippen LogP contribution is 2.45. The monoisotopic (exact) mass is 612 g/mol. The molecule has 0 fully saturated rings. The number of para-hydroxylation sites is 3. The van der Waals surface area contributed by atoms with Gasteiger partial charge < -0.3 is 9.47 Å². The van der Waals surface area contributed by atoms with E-state index in [9.17, 15) is 0 Å². The van der Waals surface area contributed by atoms with Crippen molar-refractivity contribution in [1.29, 1.82) is 0 Å². The zero-order valence-corrected chi connectivity index (χ0v) is 26.4. The molecule has 48 heavy (non-hydrogen) atoms. The van der Waals surface area contributed by atoms with Crippen LogP contribution in [0.5, 0.6) is 0 Å². The first kappa shape index (κ1) is 27.9. The van der Waals surface area contributed by atoms with Gasteiger partial charge in [-0.25, -0.2) is 0 Å². The van der Waals surface area contributed by atoms with Gasteiger partial charge >= 0.3 is 0 Å². The van der Waals surface area contributed by atoms with Crippen molar-refractivity contribution in [2.24, 2.45) is 0 Å². The van der Waals surface area contributed by atoms with Crippen LogP contribution in [0.15, 0.2) is 194 Å². The second-order valence-electron chi connectivity index (χ2n) is 12.2. The molecule has 0 unspecified atom stereocenters. The lowest BCUT2D eigenvalue weighted by atomic mass is 9.96. The van der Waals surface area contributed by atoms with Crippen molar-refractivity contribution >= 4 is 49.6 Å². The molecule has 0 amide bonds. The predicted molar refractivity (Wildman–Crippen MR) is 204 cm³/mol. The second-order valence-corrected chi connectivity index (χ2v) is 12.2. The predicted octanol–water partition coefficient (Wildman–Crippen LogP) is 12.7. The van der Waals surface area contributed by atoms with Gasteiger partial charge in [0.05, 0.1) is 22.4 Å². The SMILES string of the molecule is c1ccc(-c2ccc(N(c3ccccc3)c3ccccc3-c3cccc4c3c3ccccc3n4-c3cccc4ccccc34)cc2)cc1. The fourth-order valence-corrected chi connectivity index (χ4v) is 7.24. The van der Waals surface area contributed by atoms with Crippen LogP contribution in [0, 0.1) is 0 Å². The lowest BCUT2D eigenvalue weighted by Crippen LogP contribution is -2.11. The van der Waals surface area contributed by atoms with E-state index in [-0.39, 0.29) is 0 Å². The van der Waals surface area contributed by atoms with Gasteiger partial charge in [0.25, 0.3) is 0 Å². The molecule has 0 aliphatic carbocycles. The molecular weight excluding hydrogens is 581 g/mol. The molecule has 1 heterocycles. The minimum Gasteiger partial charge on any atom is -0.310 e. The summed E-state index contributed by atoms with van der Waals surface area (Å²) in [6.45, 7) is 0. The van der Waals surface area contributed by atoms with Crippen LogP contribution in [0.1, 0.15) is 0 Å². The smallest absolute Gasteiger partial charge is 0.0547 e. The summed E-state index contributed by atoms with van der Waals surface area (Å²) in [5.74, 6) is 0. The number of anilines is 3. The Morgan fingerprint density at radius 2 is 0.917 bits per heavy atom. The van der Waals surface area contributed by atoms with E-state index >= 15 is 0 Å². The van der Waals surface area contributed by atoms with Crippen molar-refractivity contribution in [2.75, 3.05) is 4.90 Å². The second kappa shape index (κ2) is 11.8. The van der Waals surface area contributed by atoms with Gasteiger partial charge in [0, 0.05) is 33.1 Å². The first-order valence-corrected chi connectivity index (χ1v) is 16.5. The summed E-state index contributed by atoms with van der Waals surface area (Å²) in [6, 6.07) is 69.8. The van der Waals surface area contributed by atoms with E-state index < -0.39 is 0 Å². The van der Waals surface area contributed by atoms with Crippen molar-refractivity contribution in [1.82, 2.24) is 4.57 Å². The number of hydrogen-bond acceptors (Lipinski definition) is 1. The summed E-state index contributed by atoms with van der Waals surface area (Å²) in [5, 5.41) is 4.96. The summed E-state index contributed by atoms with van der Waals surface area (Å²) in [7, 11) is 0. The van der Waals surface area contributed by atoms with Gasteiger partial charge in [-0.05, 0) is 70.6 Å². The van der Waals surface area contributed by atoms with Crippen LogP contribution < -0.4 is 4.90 Å². The minimum absolute atomic E-state index is 1.11. The highest BCUT2D eigenvalue weighted by molar-refractivity contribution is 6.17.